The van der Waals surface area contributed by atoms with Gasteiger partial charge in [-0.15, -0.1) is 0 Å². The van der Waals surface area contributed by atoms with Crippen molar-refractivity contribution in [1.29, 1.82) is 0 Å². The molecule has 1 atom stereocenters. The fraction of sp³-hybridized carbons (Fsp3) is 0.231. The summed E-state index contributed by atoms with van der Waals surface area (Å²) in [7, 11) is 0. The first-order valence-corrected chi connectivity index (χ1v) is 6.51. The molecule has 1 aromatic rings. The number of para-hydroxylation sites is 1. The zero-order chi connectivity index (χ0) is 14.0. The molecule has 6 heteroatoms. The predicted octanol–water partition coefficient (Wildman–Crippen LogP) is 2.12. The summed E-state index contributed by atoms with van der Waals surface area (Å²) in [5.41, 5.74) is 1.51. The number of benzene rings is 1. The van der Waals surface area contributed by atoms with Crippen LogP contribution in [0.1, 0.15) is 5.56 Å². The number of nitrogens with zero attached hydrogens (tertiary/aromatic N) is 1. The molecule has 0 aromatic heterocycles. The van der Waals surface area contributed by atoms with E-state index in [0.29, 0.717) is 16.6 Å². The number of carbonyl (C=O) groups excluding carboxylic acids is 1. The lowest BCUT2D eigenvalue weighted by Crippen LogP contribution is -2.48. The summed E-state index contributed by atoms with van der Waals surface area (Å²) in [6.45, 7) is 3.87. The Morgan fingerprint density at radius 1 is 1.47 bits per heavy atom. The molecule has 2 rings (SSSR count). The highest BCUT2D eigenvalue weighted by Gasteiger charge is 2.38. The van der Waals surface area contributed by atoms with E-state index < -0.39 is 18.0 Å². The molecule has 0 unspecified atom stereocenters. The van der Waals surface area contributed by atoms with Crippen molar-refractivity contribution in [3.63, 3.8) is 0 Å². The molecule has 0 spiro atoms. The molecule has 5 nitrogen and oxygen atoms in total. The highest BCUT2D eigenvalue weighted by Crippen LogP contribution is 2.32. The molecule has 0 aliphatic carbocycles. The van der Waals surface area contributed by atoms with Crippen LogP contribution in [0.3, 0.4) is 0 Å². The second-order valence-electron chi connectivity index (χ2n) is 4.23. The van der Waals surface area contributed by atoms with Gasteiger partial charge in [0.2, 0.25) is 0 Å². The minimum Gasteiger partial charge on any atom is -0.480 e. The van der Waals surface area contributed by atoms with Gasteiger partial charge in [-0.05, 0) is 11.6 Å². The molecule has 0 saturated carbocycles. The number of carbonyl (C=O) groups is 2. The Morgan fingerprint density at radius 3 is 2.79 bits per heavy atom. The van der Waals surface area contributed by atoms with Gasteiger partial charge in [-0.1, -0.05) is 40.7 Å². The average molecular weight is 325 g/mol. The molecule has 2 amide bonds. The van der Waals surface area contributed by atoms with Crippen LogP contribution in [0.15, 0.2) is 35.3 Å². The van der Waals surface area contributed by atoms with Crippen LogP contribution >= 0.6 is 15.9 Å². The fourth-order valence-corrected chi connectivity index (χ4v) is 2.23. The van der Waals surface area contributed by atoms with Gasteiger partial charge < -0.3 is 10.4 Å². The number of rotatable bonds is 3. The Bertz CT molecular complexity index is 544. The van der Waals surface area contributed by atoms with Crippen molar-refractivity contribution in [2.45, 2.75) is 12.5 Å². The minimum absolute atomic E-state index is 0.254. The van der Waals surface area contributed by atoms with Crippen molar-refractivity contribution < 1.29 is 14.7 Å². The van der Waals surface area contributed by atoms with Gasteiger partial charge in [0.05, 0.1) is 6.54 Å². The Kier molecular flexibility index (Phi) is 3.90. The van der Waals surface area contributed by atoms with E-state index in [1.807, 2.05) is 12.1 Å². The largest absolute Gasteiger partial charge is 0.480 e. The Labute approximate surface area is 119 Å². The highest BCUT2D eigenvalue weighted by atomic mass is 79.9. The molecule has 1 aliphatic rings. The lowest BCUT2D eigenvalue weighted by atomic mass is 10.1. The summed E-state index contributed by atoms with van der Waals surface area (Å²) in [4.78, 5) is 24.7. The van der Waals surface area contributed by atoms with Crippen LogP contribution in [-0.4, -0.2) is 29.7 Å². The van der Waals surface area contributed by atoms with Crippen molar-refractivity contribution in [2.24, 2.45) is 0 Å². The van der Waals surface area contributed by atoms with Gasteiger partial charge >= 0.3 is 12.0 Å². The van der Waals surface area contributed by atoms with Crippen LogP contribution in [0.2, 0.25) is 0 Å². The van der Waals surface area contributed by atoms with Crippen molar-refractivity contribution in [3.8, 4) is 0 Å². The maximum absolute atomic E-state index is 12.1. The molecule has 0 bridgehead atoms. The lowest BCUT2D eigenvalue weighted by molar-refractivity contribution is -0.138. The molecule has 19 heavy (non-hydrogen) atoms. The van der Waals surface area contributed by atoms with Crippen molar-refractivity contribution in [2.75, 3.05) is 11.4 Å². The smallest absolute Gasteiger partial charge is 0.327 e. The third-order valence-corrected chi connectivity index (χ3v) is 3.19. The standard InChI is InChI=1S/C13H13BrN2O3/c1-8(14)7-15-13(19)16-10-5-3-2-4-9(10)6-11(16)12(17)18/h2-5,11H,1,6-7H2,(H,15,19)(H,17,18)/t11-/m0/s1. The Hall–Kier alpha value is -1.82. The molecule has 2 N–H and O–H groups in total. The van der Waals surface area contributed by atoms with Gasteiger partial charge in [0.1, 0.15) is 6.04 Å². The summed E-state index contributed by atoms with van der Waals surface area (Å²) in [6.07, 6.45) is 0.328. The number of hydrogen-bond acceptors (Lipinski definition) is 2. The number of nitrogens with one attached hydrogen (secondary N) is 1. The van der Waals surface area contributed by atoms with Crippen molar-refractivity contribution >= 4 is 33.6 Å². The lowest BCUT2D eigenvalue weighted by Gasteiger charge is -2.22. The molecule has 1 aromatic carbocycles. The van der Waals surface area contributed by atoms with Gasteiger partial charge in [0, 0.05) is 16.6 Å². The highest BCUT2D eigenvalue weighted by molar-refractivity contribution is 9.11. The summed E-state index contributed by atoms with van der Waals surface area (Å²) >= 11 is 3.14. The first kappa shape index (κ1) is 13.6. The van der Waals surface area contributed by atoms with Gasteiger partial charge in [-0.2, -0.15) is 0 Å². The van der Waals surface area contributed by atoms with E-state index in [1.165, 1.54) is 4.90 Å². The quantitative estimate of drug-likeness (QED) is 0.894. The van der Waals surface area contributed by atoms with E-state index in [9.17, 15) is 14.7 Å². The normalized spacial score (nSPS) is 16.9. The fourth-order valence-electron chi connectivity index (χ4n) is 2.09. The molecule has 0 radical (unpaired) electrons. The minimum atomic E-state index is -1.01. The number of halogens is 1. The number of hydrogen-bond donors (Lipinski definition) is 2. The van der Waals surface area contributed by atoms with E-state index in [0.717, 1.165) is 5.56 Å². The number of fused-ring (bicyclic) bond motifs is 1. The zero-order valence-electron chi connectivity index (χ0n) is 10.1. The van der Waals surface area contributed by atoms with Crippen molar-refractivity contribution in [3.05, 3.63) is 40.9 Å². The first-order chi connectivity index (χ1) is 9.00. The number of anilines is 1. The number of amides is 2. The average Bonchev–Trinajstić information content (AvgIpc) is 2.75. The third-order valence-electron chi connectivity index (χ3n) is 2.91. The van der Waals surface area contributed by atoms with Crippen LogP contribution in [0.25, 0.3) is 0 Å². The maximum Gasteiger partial charge on any atom is 0.327 e. The molecule has 0 fully saturated rings. The van der Waals surface area contributed by atoms with Crippen molar-refractivity contribution in [1.82, 2.24) is 5.32 Å². The monoisotopic (exact) mass is 324 g/mol. The van der Waals surface area contributed by atoms with Crippen LogP contribution < -0.4 is 10.2 Å². The number of carboxylic acids is 1. The maximum atomic E-state index is 12.1. The van der Waals surface area contributed by atoms with E-state index >= 15 is 0 Å². The SMILES string of the molecule is C=C(Br)CNC(=O)N1c2ccccc2C[C@H]1C(=O)O. The van der Waals surface area contributed by atoms with Crippen LogP contribution in [0.5, 0.6) is 0 Å². The second kappa shape index (κ2) is 5.44. The number of urea groups is 1. The van der Waals surface area contributed by atoms with Crippen LogP contribution in [0.4, 0.5) is 10.5 Å². The summed E-state index contributed by atoms with van der Waals surface area (Å²) in [6, 6.07) is 5.91. The number of carboxylic acid groups (broad SMARTS) is 1. The molecule has 100 valence electrons. The first-order valence-electron chi connectivity index (χ1n) is 5.71. The third kappa shape index (κ3) is 2.78. The summed E-state index contributed by atoms with van der Waals surface area (Å²) < 4.78 is 0.625. The zero-order valence-corrected chi connectivity index (χ0v) is 11.7. The van der Waals surface area contributed by atoms with Gasteiger partial charge in [0.15, 0.2) is 0 Å². The van der Waals surface area contributed by atoms with E-state index in [4.69, 9.17) is 0 Å². The second-order valence-corrected chi connectivity index (χ2v) is 5.35. The van der Waals surface area contributed by atoms with E-state index in [-0.39, 0.29) is 6.54 Å². The molecule has 0 saturated heterocycles. The van der Waals surface area contributed by atoms with Crippen LogP contribution in [0, 0.1) is 0 Å². The summed E-state index contributed by atoms with van der Waals surface area (Å²) in [5.74, 6) is -1.01. The van der Waals surface area contributed by atoms with Gasteiger partial charge in [-0.25, -0.2) is 9.59 Å². The van der Waals surface area contributed by atoms with E-state index in [2.05, 4.69) is 27.8 Å². The van der Waals surface area contributed by atoms with Gasteiger partial charge in [0.25, 0.3) is 0 Å². The Morgan fingerprint density at radius 2 is 2.16 bits per heavy atom. The molecule has 1 heterocycles. The predicted molar refractivity (Wildman–Crippen MR) is 75.5 cm³/mol. The van der Waals surface area contributed by atoms with Crippen LogP contribution in [-0.2, 0) is 11.2 Å². The van der Waals surface area contributed by atoms with Gasteiger partial charge in [-0.3, -0.25) is 4.90 Å². The topological polar surface area (TPSA) is 69.6 Å². The molecular formula is C13H13BrN2O3. The number of aliphatic carboxylic acids is 1. The summed E-state index contributed by atoms with van der Waals surface area (Å²) in [5, 5.41) is 11.9. The molecule has 1 aliphatic heterocycles. The molecular weight excluding hydrogens is 312 g/mol. The van der Waals surface area contributed by atoms with E-state index in [1.54, 1.807) is 12.1 Å². The Balaban J connectivity index is 2.26.